The number of carbonyl (C=O) groups is 2. The van der Waals surface area contributed by atoms with E-state index in [0.717, 1.165) is 5.56 Å². The van der Waals surface area contributed by atoms with Crippen LogP contribution in [0.2, 0.25) is 5.02 Å². The summed E-state index contributed by atoms with van der Waals surface area (Å²) in [7, 11) is -2.93. The Morgan fingerprint density at radius 1 is 1.10 bits per heavy atom. The zero-order valence-corrected chi connectivity index (χ0v) is 18.1. The normalized spacial score (nSPS) is 11.0. The second-order valence-electron chi connectivity index (χ2n) is 5.98. The maximum Gasteiger partial charge on any atom is 0.339 e. The van der Waals surface area contributed by atoms with Crippen LogP contribution in [0.4, 0.5) is 10.8 Å². The van der Waals surface area contributed by atoms with Gasteiger partial charge >= 0.3 is 5.97 Å². The molecule has 1 amide bonds. The van der Waals surface area contributed by atoms with Gasteiger partial charge < -0.3 is 4.74 Å². The molecular formula is C18H15ClN4O5S2. The van der Waals surface area contributed by atoms with Crippen molar-refractivity contribution in [3.05, 3.63) is 64.2 Å². The van der Waals surface area contributed by atoms with Gasteiger partial charge in [0.1, 0.15) is 0 Å². The summed E-state index contributed by atoms with van der Waals surface area (Å²) in [4.78, 5) is 24.0. The fourth-order valence-electron chi connectivity index (χ4n) is 2.30. The van der Waals surface area contributed by atoms with Crippen molar-refractivity contribution in [2.75, 3.05) is 17.1 Å². The third-order valence-corrected chi connectivity index (χ3v) is 6.71. The van der Waals surface area contributed by atoms with Crippen molar-refractivity contribution >= 4 is 55.7 Å². The highest BCUT2D eigenvalue weighted by Gasteiger charge is 2.22. The van der Waals surface area contributed by atoms with Crippen molar-refractivity contribution < 1.29 is 22.7 Å². The summed E-state index contributed by atoms with van der Waals surface area (Å²) < 4.78 is 31.7. The van der Waals surface area contributed by atoms with E-state index in [9.17, 15) is 18.0 Å². The molecule has 30 heavy (non-hydrogen) atoms. The number of ether oxygens (including phenoxy) is 1. The quantitative estimate of drug-likeness (QED) is 0.421. The van der Waals surface area contributed by atoms with Gasteiger partial charge in [0.15, 0.2) is 0 Å². The number of nitrogens with zero attached hydrogens (tertiary/aromatic N) is 2. The van der Waals surface area contributed by atoms with Crippen LogP contribution in [0, 0.1) is 6.92 Å². The molecule has 0 bridgehead atoms. The largest absolute Gasteiger partial charge is 0.465 e. The van der Waals surface area contributed by atoms with Crippen LogP contribution < -0.4 is 10.0 Å². The number of hydrogen-bond donors (Lipinski definition) is 2. The van der Waals surface area contributed by atoms with E-state index in [-0.39, 0.29) is 25.7 Å². The van der Waals surface area contributed by atoms with E-state index < -0.39 is 21.9 Å². The van der Waals surface area contributed by atoms with E-state index in [2.05, 4.69) is 25.0 Å². The maximum absolute atomic E-state index is 12.6. The average Bonchev–Trinajstić information content (AvgIpc) is 3.18. The molecule has 0 atom stereocenters. The lowest BCUT2D eigenvalue weighted by molar-refractivity contribution is 0.0601. The number of methoxy groups -OCH3 is 1. The number of carbonyl (C=O) groups excluding carboxylic acids is 2. The number of benzene rings is 2. The molecule has 2 aromatic carbocycles. The number of nitrogens with one attached hydrogen (secondary N) is 2. The van der Waals surface area contributed by atoms with Gasteiger partial charge in [-0.05, 0) is 37.3 Å². The Morgan fingerprint density at radius 2 is 1.80 bits per heavy atom. The Hall–Kier alpha value is -3.02. The van der Waals surface area contributed by atoms with Crippen molar-refractivity contribution in [3.8, 4) is 0 Å². The molecule has 0 radical (unpaired) electrons. The van der Waals surface area contributed by atoms with Gasteiger partial charge in [0.25, 0.3) is 20.3 Å². The molecule has 12 heteroatoms. The van der Waals surface area contributed by atoms with Crippen molar-refractivity contribution in [2.24, 2.45) is 0 Å². The Kier molecular flexibility index (Phi) is 6.34. The van der Waals surface area contributed by atoms with Gasteiger partial charge in [-0.2, -0.15) is 8.42 Å². The molecule has 3 aromatic rings. The van der Waals surface area contributed by atoms with Gasteiger partial charge in [0, 0.05) is 11.3 Å². The van der Waals surface area contributed by atoms with E-state index in [1.165, 1.54) is 25.3 Å². The first-order valence-electron chi connectivity index (χ1n) is 8.32. The zero-order valence-electron chi connectivity index (χ0n) is 15.7. The summed E-state index contributed by atoms with van der Waals surface area (Å²) in [6, 6.07) is 10.8. The highest BCUT2D eigenvalue weighted by atomic mass is 35.5. The van der Waals surface area contributed by atoms with Crippen molar-refractivity contribution in [2.45, 2.75) is 11.3 Å². The molecule has 3 rings (SSSR count). The van der Waals surface area contributed by atoms with Crippen LogP contribution in [0.25, 0.3) is 0 Å². The minimum atomic E-state index is -4.11. The number of hydrogen-bond acceptors (Lipinski definition) is 8. The lowest BCUT2D eigenvalue weighted by Gasteiger charge is -2.08. The van der Waals surface area contributed by atoms with Gasteiger partial charge in [-0.25, -0.2) is 4.79 Å². The van der Waals surface area contributed by atoms with Crippen LogP contribution >= 0.6 is 22.9 Å². The SMILES string of the molecule is COC(=O)c1cc(NS(=O)(=O)c2nnc(NC(=O)c3ccc(C)cc3)s2)ccc1Cl. The van der Waals surface area contributed by atoms with E-state index in [1.807, 2.05) is 6.92 Å². The summed E-state index contributed by atoms with van der Waals surface area (Å²) in [6.07, 6.45) is 0. The Balaban J connectivity index is 1.76. The highest BCUT2D eigenvalue weighted by Crippen LogP contribution is 2.26. The Labute approximate surface area is 181 Å². The molecule has 156 valence electrons. The molecule has 0 saturated heterocycles. The van der Waals surface area contributed by atoms with Crippen LogP contribution in [0.5, 0.6) is 0 Å². The first-order chi connectivity index (χ1) is 14.2. The molecule has 9 nitrogen and oxygen atoms in total. The molecule has 0 fully saturated rings. The number of amides is 1. The summed E-state index contributed by atoms with van der Waals surface area (Å²) in [5.74, 6) is -1.15. The Bertz CT molecular complexity index is 1210. The van der Waals surface area contributed by atoms with Crippen LogP contribution in [0.15, 0.2) is 46.8 Å². The smallest absolute Gasteiger partial charge is 0.339 e. The van der Waals surface area contributed by atoms with Crippen molar-refractivity contribution in [3.63, 3.8) is 0 Å². The zero-order chi connectivity index (χ0) is 21.9. The summed E-state index contributed by atoms with van der Waals surface area (Å²) in [6.45, 7) is 1.89. The van der Waals surface area contributed by atoms with Crippen molar-refractivity contribution in [1.29, 1.82) is 0 Å². The van der Waals surface area contributed by atoms with Crippen LogP contribution in [0.1, 0.15) is 26.3 Å². The van der Waals surface area contributed by atoms with Gasteiger partial charge in [0.05, 0.1) is 17.7 Å². The monoisotopic (exact) mass is 466 g/mol. The molecule has 0 spiro atoms. The molecule has 2 N–H and O–H groups in total. The second kappa shape index (κ2) is 8.78. The maximum atomic E-state index is 12.6. The number of halogens is 1. The van der Waals surface area contributed by atoms with Crippen molar-refractivity contribution in [1.82, 2.24) is 10.2 Å². The summed E-state index contributed by atoms with van der Waals surface area (Å²) >= 11 is 6.61. The molecule has 1 heterocycles. The van der Waals surface area contributed by atoms with E-state index >= 15 is 0 Å². The lowest BCUT2D eigenvalue weighted by Crippen LogP contribution is -2.13. The minimum Gasteiger partial charge on any atom is -0.465 e. The summed E-state index contributed by atoms with van der Waals surface area (Å²) in [5, 5.41) is 9.97. The molecule has 0 saturated carbocycles. The molecule has 0 aliphatic carbocycles. The average molecular weight is 467 g/mol. The number of esters is 1. The first-order valence-corrected chi connectivity index (χ1v) is 11.0. The number of aromatic nitrogens is 2. The molecule has 0 aliphatic heterocycles. The van der Waals surface area contributed by atoms with Crippen LogP contribution in [-0.2, 0) is 14.8 Å². The topological polar surface area (TPSA) is 127 Å². The highest BCUT2D eigenvalue weighted by molar-refractivity contribution is 7.94. The standard InChI is InChI=1S/C18H15ClN4O5S2/c1-10-3-5-11(6-4-10)15(24)20-17-21-22-18(29-17)30(26,27)23-12-7-8-14(19)13(9-12)16(25)28-2/h3-9,23H,1-2H3,(H,20,21,24). The fraction of sp³-hybridized carbons (Fsp3) is 0.111. The van der Waals surface area contributed by atoms with E-state index in [0.29, 0.717) is 16.9 Å². The van der Waals surface area contributed by atoms with Crippen LogP contribution in [-0.4, -0.2) is 37.6 Å². The molecular weight excluding hydrogens is 452 g/mol. The number of anilines is 2. The fourth-order valence-corrected chi connectivity index (χ4v) is 4.44. The summed E-state index contributed by atoms with van der Waals surface area (Å²) in [5.41, 5.74) is 1.48. The van der Waals surface area contributed by atoms with Gasteiger partial charge in [-0.1, -0.05) is 40.6 Å². The number of aryl methyl sites for hydroxylation is 1. The number of rotatable bonds is 6. The molecule has 0 unspecified atom stereocenters. The van der Waals surface area contributed by atoms with Gasteiger partial charge in [-0.3, -0.25) is 14.8 Å². The van der Waals surface area contributed by atoms with E-state index in [1.54, 1.807) is 24.3 Å². The lowest BCUT2D eigenvalue weighted by atomic mass is 10.1. The predicted molar refractivity (Wildman–Crippen MR) is 113 cm³/mol. The van der Waals surface area contributed by atoms with Crippen LogP contribution in [0.3, 0.4) is 0 Å². The minimum absolute atomic E-state index is 0.00248. The van der Waals surface area contributed by atoms with E-state index in [4.69, 9.17) is 11.6 Å². The third-order valence-electron chi connectivity index (χ3n) is 3.79. The first kappa shape index (κ1) is 21.7. The van der Waals surface area contributed by atoms with Gasteiger partial charge in [-0.15, -0.1) is 10.2 Å². The molecule has 1 aromatic heterocycles. The second-order valence-corrected chi connectivity index (χ2v) is 9.23. The third kappa shape index (κ3) is 4.93. The number of sulfonamides is 1. The predicted octanol–water partition coefficient (Wildman–Crippen LogP) is 3.34. The molecule has 0 aliphatic rings. The Morgan fingerprint density at radius 3 is 2.47 bits per heavy atom. The van der Waals surface area contributed by atoms with Gasteiger partial charge in [0.2, 0.25) is 5.13 Å².